The van der Waals surface area contributed by atoms with Gasteiger partial charge in [0, 0.05) is 10.9 Å². The van der Waals surface area contributed by atoms with Crippen LogP contribution in [0.3, 0.4) is 0 Å². The quantitative estimate of drug-likeness (QED) is 0.289. The Hall–Kier alpha value is -0.973. The van der Waals surface area contributed by atoms with E-state index in [9.17, 15) is 0 Å². The van der Waals surface area contributed by atoms with Crippen molar-refractivity contribution in [3.05, 3.63) is 47.5 Å². The normalized spacial score (nSPS) is 13.1. The minimum absolute atomic E-state index is 0.143. The molecule has 0 nitrogen and oxygen atoms in total. The van der Waals surface area contributed by atoms with E-state index in [1.807, 2.05) is 24.3 Å². The molecule has 0 radical (unpaired) electrons. The maximum atomic E-state index is 6.40. The second-order valence-electron chi connectivity index (χ2n) is 7.26. The first-order valence-electron chi connectivity index (χ1n) is 8.65. The molecule has 23 heavy (non-hydrogen) atoms. The van der Waals surface area contributed by atoms with Crippen molar-refractivity contribution < 1.29 is 0 Å². The molecule has 0 heterocycles. The van der Waals surface area contributed by atoms with Crippen molar-refractivity contribution >= 4 is 19.7 Å². The predicted molar refractivity (Wildman–Crippen MR) is 108 cm³/mol. The van der Waals surface area contributed by atoms with Gasteiger partial charge in [-0.2, -0.15) is 0 Å². The average molecular weight is 347 g/mol. The van der Waals surface area contributed by atoms with Crippen LogP contribution >= 0.6 is 11.6 Å². The predicted octanol–water partition coefficient (Wildman–Crippen LogP) is 7.22. The SMILES string of the molecule is C=CCC(C#C[Si](C(C)C)(C(C)C)C(C)C)c1ccccc1Cl. The molecule has 0 aliphatic rings. The summed E-state index contributed by atoms with van der Waals surface area (Å²) in [4.78, 5) is 0. The van der Waals surface area contributed by atoms with Crippen molar-refractivity contribution in [3.63, 3.8) is 0 Å². The summed E-state index contributed by atoms with van der Waals surface area (Å²) in [7, 11) is -1.71. The van der Waals surface area contributed by atoms with Crippen LogP contribution < -0.4 is 0 Å². The first-order chi connectivity index (χ1) is 10.8. The van der Waals surface area contributed by atoms with Crippen LogP contribution in [0.25, 0.3) is 0 Å². The summed E-state index contributed by atoms with van der Waals surface area (Å²) < 4.78 is 0. The molecule has 1 aromatic rings. The van der Waals surface area contributed by atoms with Crippen LogP contribution in [0, 0.1) is 11.5 Å². The van der Waals surface area contributed by atoms with Crippen LogP contribution in [-0.2, 0) is 0 Å². The molecule has 2 heteroatoms. The van der Waals surface area contributed by atoms with E-state index in [0.717, 1.165) is 17.0 Å². The number of hydrogen-bond acceptors (Lipinski definition) is 0. The van der Waals surface area contributed by atoms with Crippen molar-refractivity contribution in [3.8, 4) is 11.5 Å². The monoisotopic (exact) mass is 346 g/mol. The number of halogens is 1. The molecule has 0 N–H and O–H groups in total. The molecule has 0 bridgehead atoms. The van der Waals surface area contributed by atoms with Crippen LogP contribution in [0.15, 0.2) is 36.9 Å². The maximum Gasteiger partial charge on any atom is 0.145 e. The molecule has 0 fully saturated rings. The number of benzene rings is 1. The van der Waals surface area contributed by atoms with Crippen LogP contribution in [0.5, 0.6) is 0 Å². The van der Waals surface area contributed by atoms with Gasteiger partial charge in [0.2, 0.25) is 0 Å². The molecule has 0 spiro atoms. The first-order valence-corrected chi connectivity index (χ1v) is 11.3. The molecule has 0 saturated heterocycles. The summed E-state index contributed by atoms with van der Waals surface area (Å²) in [6.45, 7) is 18.0. The molecular formula is C21H31ClSi. The number of rotatable bonds is 6. The van der Waals surface area contributed by atoms with Gasteiger partial charge in [-0.05, 0) is 34.7 Å². The summed E-state index contributed by atoms with van der Waals surface area (Å²) in [5.41, 5.74) is 6.88. The van der Waals surface area contributed by atoms with Gasteiger partial charge < -0.3 is 0 Å². The third-order valence-corrected chi connectivity index (χ3v) is 11.7. The highest BCUT2D eigenvalue weighted by Crippen LogP contribution is 2.41. The Kier molecular flexibility index (Phi) is 7.65. The summed E-state index contributed by atoms with van der Waals surface area (Å²) >= 11 is 6.40. The second kappa shape index (κ2) is 8.76. The lowest BCUT2D eigenvalue weighted by Gasteiger charge is -2.38. The fourth-order valence-electron chi connectivity index (χ4n) is 3.83. The lowest BCUT2D eigenvalue weighted by atomic mass is 9.97. The van der Waals surface area contributed by atoms with Gasteiger partial charge in [-0.15, -0.1) is 18.0 Å². The van der Waals surface area contributed by atoms with Crippen molar-refractivity contribution in [2.75, 3.05) is 0 Å². The molecule has 126 valence electrons. The molecule has 1 rings (SSSR count). The molecule has 0 aliphatic carbocycles. The standard InChI is InChI=1S/C21H31ClSi/c1-8-11-19(20-12-9-10-13-21(20)22)14-15-23(16(2)3,17(4)5)18(6)7/h8-10,12-13,16-19H,1,11H2,2-7H3. The van der Waals surface area contributed by atoms with E-state index in [1.165, 1.54) is 0 Å². The summed E-state index contributed by atoms with van der Waals surface area (Å²) in [5, 5.41) is 0.805. The minimum Gasteiger partial charge on any atom is -0.130 e. The Balaban J connectivity index is 3.35. The van der Waals surface area contributed by atoms with Crippen LogP contribution in [-0.4, -0.2) is 8.07 Å². The van der Waals surface area contributed by atoms with Gasteiger partial charge in [0.05, 0.1) is 0 Å². The van der Waals surface area contributed by atoms with Gasteiger partial charge in [0.1, 0.15) is 8.07 Å². The highest BCUT2D eigenvalue weighted by atomic mass is 35.5. The van der Waals surface area contributed by atoms with Crippen LogP contribution in [0.1, 0.15) is 59.4 Å². The van der Waals surface area contributed by atoms with E-state index in [1.54, 1.807) is 0 Å². The van der Waals surface area contributed by atoms with E-state index < -0.39 is 8.07 Å². The zero-order valence-corrected chi connectivity index (χ0v) is 17.2. The van der Waals surface area contributed by atoms with Gasteiger partial charge in [-0.25, -0.2) is 0 Å². The lowest BCUT2D eigenvalue weighted by molar-refractivity contribution is 0.836. The van der Waals surface area contributed by atoms with Gasteiger partial charge in [0.15, 0.2) is 0 Å². The van der Waals surface area contributed by atoms with Crippen LogP contribution in [0.4, 0.5) is 0 Å². The zero-order valence-electron chi connectivity index (χ0n) is 15.5. The molecule has 0 aromatic heterocycles. The van der Waals surface area contributed by atoms with Crippen molar-refractivity contribution in [2.24, 2.45) is 0 Å². The molecular weight excluding hydrogens is 316 g/mol. The van der Waals surface area contributed by atoms with Gasteiger partial charge in [-0.3, -0.25) is 0 Å². The topological polar surface area (TPSA) is 0 Å². The van der Waals surface area contributed by atoms with Crippen LogP contribution in [0.2, 0.25) is 21.6 Å². The fourth-order valence-corrected chi connectivity index (χ4v) is 9.39. The zero-order chi connectivity index (χ0) is 17.6. The highest BCUT2D eigenvalue weighted by molar-refractivity contribution is 6.90. The summed E-state index contributed by atoms with van der Waals surface area (Å²) in [6, 6.07) is 8.05. The van der Waals surface area contributed by atoms with E-state index in [2.05, 4.69) is 65.7 Å². The summed E-state index contributed by atoms with van der Waals surface area (Å²) in [5.74, 6) is 3.76. The summed E-state index contributed by atoms with van der Waals surface area (Å²) in [6.07, 6.45) is 2.79. The Morgan fingerprint density at radius 2 is 1.57 bits per heavy atom. The first kappa shape index (κ1) is 20.1. The van der Waals surface area contributed by atoms with E-state index >= 15 is 0 Å². The molecule has 0 aliphatic heterocycles. The third-order valence-electron chi connectivity index (χ3n) is 5.01. The smallest absolute Gasteiger partial charge is 0.130 e. The molecule has 1 atom stereocenters. The van der Waals surface area contributed by atoms with Crippen molar-refractivity contribution in [1.29, 1.82) is 0 Å². The molecule has 1 unspecified atom stereocenters. The van der Waals surface area contributed by atoms with E-state index in [-0.39, 0.29) is 5.92 Å². The molecule has 0 amide bonds. The van der Waals surface area contributed by atoms with Gasteiger partial charge in [-0.1, -0.05) is 77.4 Å². The maximum absolute atomic E-state index is 6.40. The number of allylic oxidation sites excluding steroid dienone is 1. The Bertz CT molecular complexity index is 553. The largest absolute Gasteiger partial charge is 0.145 e. The van der Waals surface area contributed by atoms with Crippen molar-refractivity contribution in [2.45, 2.75) is 70.5 Å². The van der Waals surface area contributed by atoms with E-state index in [4.69, 9.17) is 11.6 Å². The average Bonchev–Trinajstić information content (AvgIpc) is 2.46. The Labute approximate surface area is 149 Å². The minimum atomic E-state index is -1.71. The fraction of sp³-hybridized carbons (Fsp3) is 0.524. The third kappa shape index (κ3) is 4.52. The molecule has 0 saturated carbocycles. The van der Waals surface area contributed by atoms with Gasteiger partial charge in [0.25, 0.3) is 0 Å². The van der Waals surface area contributed by atoms with Gasteiger partial charge >= 0.3 is 0 Å². The number of hydrogen-bond donors (Lipinski definition) is 0. The Morgan fingerprint density at radius 1 is 1.04 bits per heavy atom. The highest BCUT2D eigenvalue weighted by Gasteiger charge is 2.41. The second-order valence-corrected chi connectivity index (χ2v) is 13.3. The molecule has 1 aromatic carbocycles. The van der Waals surface area contributed by atoms with E-state index in [0.29, 0.717) is 16.6 Å². The van der Waals surface area contributed by atoms with Crippen molar-refractivity contribution in [1.82, 2.24) is 0 Å². The lowest BCUT2D eigenvalue weighted by Crippen LogP contribution is -2.43. The Morgan fingerprint density at radius 3 is 2.00 bits per heavy atom.